The first-order chi connectivity index (χ1) is 14.1. The summed E-state index contributed by atoms with van der Waals surface area (Å²) in [6.07, 6.45) is 0. The molecular weight excluding hydrogens is 384 g/mol. The Kier molecular flexibility index (Phi) is 5.18. The van der Waals surface area contributed by atoms with Gasteiger partial charge < -0.3 is 14.0 Å². The standard InChI is InChI=1S/C23H20N2O3S/c1-25-18-13-19(27-2)20(28-3)14-21(18)29-23(25)24-22(26)17-11-9-16(10-12-17)15-7-5-4-6-8-15/h4-14H,1-3H3. The van der Waals surface area contributed by atoms with E-state index in [9.17, 15) is 4.79 Å². The summed E-state index contributed by atoms with van der Waals surface area (Å²) in [5.41, 5.74) is 3.66. The Labute approximate surface area is 172 Å². The Morgan fingerprint density at radius 2 is 1.52 bits per heavy atom. The molecule has 6 heteroatoms. The summed E-state index contributed by atoms with van der Waals surface area (Å²) in [6, 6.07) is 21.4. The van der Waals surface area contributed by atoms with E-state index in [4.69, 9.17) is 9.47 Å². The van der Waals surface area contributed by atoms with Crippen LogP contribution in [0, 0.1) is 0 Å². The number of methoxy groups -OCH3 is 2. The molecule has 0 atom stereocenters. The van der Waals surface area contributed by atoms with Crippen LogP contribution >= 0.6 is 11.3 Å². The van der Waals surface area contributed by atoms with Gasteiger partial charge in [0.2, 0.25) is 0 Å². The van der Waals surface area contributed by atoms with E-state index in [0.717, 1.165) is 21.3 Å². The largest absolute Gasteiger partial charge is 0.493 e. The highest BCUT2D eigenvalue weighted by molar-refractivity contribution is 7.16. The molecule has 0 bridgehead atoms. The second-order valence-corrected chi connectivity index (χ2v) is 7.49. The van der Waals surface area contributed by atoms with E-state index in [2.05, 4.69) is 4.99 Å². The van der Waals surface area contributed by atoms with Gasteiger partial charge in [0.15, 0.2) is 16.3 Å². The van der Waals surface area contributed by atoms with Crippen molar-refractivity contribution in [2.24, 2.45) is 12.0 Å². The Bertz CT molecular complexity index is 1240. The molecule has 1 amide bonds. The topological polar surface area (TPSA) is 52.8 Å². The number of aromatic nitrogens is 1. The number of rotatable bonds is 4. The van der Waals surface area contributed by atoms with Crippen LogP contribution < -0.4 is 14.3 Å². The lowest BCUT2D eigenvalue weighted by atomic mass is 10.0. The zero-order valence-electron chi connectivity index (χ0n) is 16.4. The lowest BCUT2D eigenvalue weighted by Gasteiger charge is -2.07. The molecule has 5 nitrogen and oxygen atoms in total. The van der Waals surface area contributed by atoms with Crippen molar-refractivity contribution in [3.63, 3.8) is 0 Å². The van der Waals surface area contributed by atoms with E-state index in [-0.39, 0.29) is 5.91 Å². The average Bonchev–Trinajstić information content (AvgIpc) is 3.07. The number of aryl methyl sites for hydroxylation is 1. The predicted octanol–water partition coefficient (Wildman–Crippen LogP) is 4.67. The van der Waals surface area contributed by atoms with Gasteiger partial charge in [0.25, 0.3) is 5.91 Å². The molecule has 1 heterocycles. The number of thiazole rings is 1. The van der Waals surface area contributed by atoms with Crippen LogP contribution in [0.2, 0.25) is 0 Å². The molecule has 0 spiro atoms. The zero-order valence-corrected chi connectivity index (χ0v) is 17.2. The number of benzene rings is 3. The normalized spacial score (nSPS) is 11.6. The second kappa shape index (κ2) is 7.93. The van der Waals surface area contributed by atoms with Gasteiger partial charge in [0.05, 0.1) is 24.4 Å². The van der Waals surface area contributed by atoms with Crippen molar-refractivity contribution in [1.82, 2.24) is 4.57 Å². The molecule has 0 aliphatic rings. The minimum Gasteiger partial charge on any atom is -0.493 e. The molecule has 0 aliphatic carbocycles. The van der Waals surface area contributed by atoms with Crippen molar-refractivity contribution in [3.05, 3.63) is 77.1 Å². The molecule has 29 heavy (non-hydrogen) atoms. The average molecular weight is 404 g/mol. The van der Waals surface area contributed by atoms with Gasteiger partial charge in [0, 0.05) is 24.7 Å². The molecule has 0 fully saturated rings. The van der Waals surface area contributed by atoms with Gasteiger partial charge in [-0.25, -0.2) is 0 Å². The summed E-state index contributed by atoms with van der Waals surface area (Å²) in [4.78, 5) is 17.7. The summed E-state index contributed by atoms with van der Waals surface area (Å²) < 4.78 is 13.6. The molecule has 0 aliphatic heterocycles. The summed E-state index contributed by atoms with van der Waals surface area (Å²) in [7, 11) is 5.09. The summed E-state index contributed by atoms with van der Waals surface area (Å²) in [5.74, 6) is 1.02. The van der Waals surface area contributed by atoms with E-state index in [1.807, 2.05) is 78.3 Å². The Hall–Kier alpha value is -3.38. The van der Waals surface area contributed by atoms with Crippen molar-refractivity contribution in [1.29, 1.82) is 0 Å². The maximum Gasteiger partial charge on any atom is 0.279 e. The molecule has 0 N–H and O–H groups in total. The summed E-state index contributed by atoms with van der Waals surface area (Å²) in [6.45, 7) is 0. The van der Waals surface area contributed by atoms with E-state index < -0.39 is 0 Å². The number of hydrogen-bond donors (Lipinski definition) is 0. The number of nitrogens with zero attached hydrogens (tertiary/aromatic N) is 2. The van der Waals surface area contributed by atoms with E-state index >= 15 is 0 Å². The molecule has 1 aromatic heterocycles. The third-order valence-corrected chi connectivity index (χ3v) is 5.85. The minimum atomic E-state index is -0.273. The lowest BCUT2D eigenvalue weighted by molar-refractivity contribution is 0.0998. The van der Waals surface area contributed by atoms with Crippen LogP contribution in [0.4, 0.5) is 0 Å². The van der Waals surface area contributed by atoms with Crippen LogP contribution in [-0.4, -0.2) is 24.7 Å². The highest BCUT2D eigenvalue weighted by Gasteiger charge is 2.12. The molecule has 3 aromatic carbocycles. The number of fused-ring (bicyclic) bond motifs is 1. The first kappa shape index (κ1) is 19.0. The Balaban J connectivity index is 1.69. The first-order valence-electron chi connectivity index (χ1n) is 9.07. The smallest absolute Gasteiger partial charge is 0.279 e. The molecule has 4 rings (SSSR count). The fourth-order valence-corrected chi connectivity index (χ4v) is 4.18. The van der Waals surface area contributed by atoms with Crippen LogP contribution in [-0.2, 0) is 7.05 Å². The Morgan fingerprint density at radius 1 is 0.897 bits per heavy atom. The molecule has 0 unspecified atom stereocenters. The minimum absolute atomic E-state index is 0.273. The van der Waals surface area contributed by atoms with Crippen LogP contribution in [0.15, 0.2) is 71.7 Å². The van der Waals surface area contributed by atoms with Crippen LogP contribution in [0.5, 0.6) is 11.5 Å². The van der Waals surface area contributed by atoms with Gasteiger partial charge in [-0.2, -0.15) is 4.99 Å². The highest BCUT2D eigenvalue weighted by Crippen LogP contribution is 2.33. The van der Waals surface area contributed by atoms with Gasteiger partial charge in [-0.3, -0.25) is 4.79 Å². The van der Waals surface area contributed by atoms with E-state index in [0.29, 0.717) is 21.9 Å². The monoisotopic (exact) mass is 404 g/mol. The number of carbonyl (C=O) groups is 1. The quantitative estimate of drug-likeness (QED) is 0.497. The fraction of sp³-hybridized carbons (Fsp3) is 0.130. The highest BCUT2D eigenvalue weighted by atomic mass is 32.1. The van der Waals surface area contributed by atoms with Crippen molar-refractivity contribution in [3.8, 4) is 22.6 Å². The molecule has 0 saturated heterocycles. The fourth-order valence-electron chi connectivity index (χ4n) is 3.15. The summed E-state index contributed by atoms with van der Waals surface area (Å²) >= 11 is 1.44. The molecular formula is C23H20N2O3S. The van der Waals surface area contributed by atoms with Gasteiger partial charge in [-0.1, -0.05) is 53.8 Å². The van der Waals surface area contributed by atoms with Gasteiger partial charge in [-0.15, -0.1) is 0 Å². The molecule has 146 valence electrons. The first-order valence-corrected chi connectivity index (χ1v) is 9.88. The van der Waals surface area contributed by atoms with E-state index in [1.54, 1.807) is 14.2 Å². The van der Waals surface area contributed by atoms with Crippen LogP contribution in [0.25, 0.3) is 21.3 Å². The predicted molar refractivity (Wildman–Crippen MR) is 116 cm³/mol. The number of amides is 1. The number of ether oxygens (including phenoxy) is 2. The van der Waals surface area contributed by atoms with Gasteiger partial charge >= 0.3 is 0 Å². The lowest BCUT2D eigenvalue weighted by Crippen LogP contribution is -2.13. The van der Waals surface area contributed by atoms with E-state index in [1.165, 1.54) is 11.3 Å². The van der Waals surface area contributed by atoms with Crippen LogP contribution in [0.1, 0.15) is 10.4 Å². The van der Waals surface area contributed by atoms with Crippen molar-refractivity contribution in [2.45, 2.75) is 0 Å². The third kappa shape index (κ3) is 3.67. The third-order valence-electron chi connectivity index (χ3n) is 4.75. The number of hydrogen-bond acceptors (Lipinski definition) is 4. The van der Waals surface area contributed by atoms with Crippen LogP contribution in [0.3, 0.4) is 0 Å². The summed E-state index contributed by atoms with van der Waals surface area (Å²) in [5, 5.41) is 0. The van der Waals surface area contributed by atoms with Crippen molar-refractivity contribution < 1.29 is 14.3 Å². The van der Waals surface area contributed by atoms with Crippen molar-refractivity contribution >= 4 is 27.5 Å². The maximum atomic E-state index is 12.7. The molecule has 0 saturated carbocycles. The molecule has 4 aromatic rings. The van der Waals surface area contributed by atoms with Gasteiger partial charge in [0.1, 0.15) is 0 Å². The number of carbonyl (C=O) groups excluding carboxylic acids is 1. The van der Waals surface area contributed by atoms with Crippen molar-refractivity contribution in [2.75, 3.05) is 14.2 Å². The maximum absolute atomic E-state index is 12.7. The van der Waals surface area contributed by atoms with Gasteiger partial charge in [-0.05, 0) is 23.3 Å². The molecule has 0 radical (unpaired) electrons. The second-order valence-electron chi connectivity index (χ2n) is 6.48. The zero-order chi connectivity index (χ0) is 20.4. The Morgan fingerprint density at radius 3 is 2.17 bits per heavy atom. The SMILES string of the molecule is COc1cc2sc(=NC(=O)c3ccc(-c4ccccc4)cc3)n(C)c2cc1OC.